The molecule has 1 aliphatic rings. The van der Waals surface area contributed by atoms with Crippen molar-refractivity contribution in [3.05, 3.63) is 52.7 Å². The van der Waals surface area contributed by atoms with E-state index in [0.29, 0.717) is 22.8 Å². The van der Waals surface area contributed by atoms with E-state index in [0.717, 1.165) is 19.3 Å². The molecule has 7 nitrogen and oxygen atoms in total. The lowest BCUT2D eigenvalue weighted by Crippen LogP contribution is -2.44. The van der Waals surface area contributed by atoms with E-state index in [1.807, 2.05) is 18.2 Å². The van der Waals surface area contributed by atoms with Crippen molar-refractivity contribution in [1.29, 1.82) is 0 Å². The minimum atomic E-state index is -0.511. The number of halogens is 1. The molecule has 0 aliphatic heterocycles. The van der Waals surface area contributed by atoms with E-state index in [4.69, 9.17) is 10.3 Å². The molecule has 0 unspecified atom stereocenters. The Labute approximate surface area is 143 Å². The molecule has 3 heterocycles. The average molecular weight is 346 g/mol. The zero-order chi connectivity index (χ0) is 15.9. The van der Waals surface area contributed by atoms with Crippen LogP contribution >= 0.6 is 12.4 Å². The quantitative estimate of drug-likeness (QED) is 0.753. The molecule has 0 bridgehead atoms. The molecule has 3 aromatic rings. The predicted octanol–water partition coefficient (Wildman–Crippen LogP) is 2.25. The molecule has 3 N–H and O–H groups in total. The predicted molar refractivity (Wildman–Crippen MR) is 90.6 cm³/mol. The third kappa shape index (κ3) is 2.72. The molecule has 124 valence electrons. The largest absolute Gasteiger partial charge is 0.334 e. The maximum Gasteiger partial charge on any atom is 0.263 e. The van der Waals surface area contributed by atoms with Crippen LogP contribution in [0.5, 0.6) is 0 Å². The van der Waals surface area contributed by atoms with E-state index in [-0.39, 0.29) is 23.9 Å². The Hall–Kier alpha value is -2.51. The fraction of sp³-hybridized carbons (Fsp3) is 0.250. The molecule has 0 atom stereocenters. The summed E-state index contributed by atoms with van der Waals surface area (Å²) < 4.78 is 5.22. The number of nitrogens with two attached hydrogens (primary N) is 1. The number of H-pyrrole nitrogens is 1. The maximum absolute atomic E-state index is 12.3. The van der Waals surface area contributed by atoms with Gasteiger partial charge in [-0.05, 0) is 43.5 Å². The van der Waals surface area contributed by atoms with Gasteiger partial charge in [-0.25, -0.2) is 0 Å². The molecule has 1 aliphatic carbocycles. The Morgan fingerprint density at radius 1 is 1.21 bits per heavy atom. The topological polar surface area (TPSA) is 111 Å². The summed E-state index contributed by atoms with van der Waals surface area (Å²) in [6.45, 7) is 0. The summed E-state index contributed by atoms with van der Waals surface area (Å²) in [7, 11) is 0. The van der Waals surface area contributed by atoms with Crippen molar-refractivity contribution in [2.24, 2.45) is 5.73 Å². The standard InChI is InChI=1S/C16H15N5O2.ClH/c17-16(7-3-8-16)15-20-14(23-21-15)10-5-6-12(19-13(10)22)11-4-1-2-9-18-11;/h1-2,4-6,9H,3,7-8,17H2,(H,19,22);1H. The highest BCUT2D eigenvalue weighted by Crippen LogP contribution is 2.37. The molecule has 24 heavy (non-hydrogen) atoms. The number of pyridine rings is 2. The van der Waals surface area contributed by atoms with E-state index >= 15 is 0 Å². The van der Waals surface area contributed by atoms with Crippen molar-refractivity contribution in [1.82, 2.24) is 20.1 Å². The molecule has 0 saturated heterocycles. The molecule has 0 radical (unpaired) electrons. The first-order chi connectivity index (χ1) is 11.2. The first kappa shape index (κ1) is 16.4. The fourth-order valence-electron chi connectivity index (χ4n) is 2.63. The highest BCUT2D eigenvalue weighted by Gasteiger charge is 2.39. The second kappa shape index (κ2) is 6.18. The van der Waals surface area contributed by atoms with Gasteiger partial charge in [-0.15, -0.1) is 12.4 Å². The van der Waals surface area contributed by atoms with Gasteiger partial charge in [0.1, 0.15) is 5.56 Å². The van der Waals surface area contributed by atoms with Crippen molar-refractivity contribution in [3.63, 3.8) is 0 Å². The maximum atomic E-state index is 12.3. The van der Waals surface area contributed by atoms with E-state index in [1.54, 1.807) is 18.3 Å². The highest BCUT2D eigenvalue weighted by molar-refractivity contribution is 5.85. The van der Waals surface area contributed by atoms with Crippen LogP contribution in [0.3, 0.4) is 0 Å². The number of aromatic nitrogens is 4. The summed E-state index contributed by atoms with van der Waals surface area (Å²) in [6.07, 6.45) is 4.40. The Kier molecular flexibility index (Phi) is 4.21. The zero-order valence-electron chi connectivity index (χ0n) is 12.7. The molecule has 0 spiro atoms. The fourth-order valence-corrected chi connectivity index (χ4v) is 2.63. The second-order valence-electron chi connectivity index (χ2n) is 5.76. The Balaban J connectivity index is 0.00000169. The van der Waals surface area contributed by atoms with E-state index in [2.05, 4.69) is 20.1 Å². The van der Waals surface area contributed by atoms with Gasteiger partial charge in [0.05, 0.1) is 16.9 Å². The molecule has 4 rings (SSSR count). The van der Waals surface area contributed by atoms with Gasteiger partial charge in [0, 0.05) is 6.20 Å². The first-order valence-electron chi connectivity index (χ1n) is 7.44. The van der Waals surface area contributed by atoms with Crippen LogP contribution in [0.4, 0.5) is 0 Å². The lowest BCUT2D eigenvalue weighted by molar-refractivity contribution is 0.229. The van der Waals surface area contributed by atoms with Gasteiger partial charge in [0.25, 0.3) is 11.4 Å². The van der Waals surface area contributed by atoms with Gasteiger partial charge in [-0.3, -0.25) is 9.78 Å². The minimum Gasteiger partial charge on any atom is -0.334 e. The summed E-state index contributed by atoms with van der Waals surface area (Å²) in [4.78, 5) is 23.6. The van der Waals surface area contributed by atoms with Crippen LogP contribution < -0.4 is 11.3 Å². The molecule has 8 heteroatoms. The highest BCUT2D eigenvalue weighted by atomic mass is 35.5. The summed E-state index contributed by atoms with van der Waals surface area (Å²) in [6, 6.07) is 8.93. The lowest BCUT2D eigenvalue weighted by Gasteiger charge is -2.34. The van der Waals surface area contributed by atoms with Crippen LogP contribution in [0.25, 0.3) is 22.8 Å². The van der Waals surface area contributed by atoms with E-state index < -0.39 is 5.54 Å². The van der Waals surface area contributed by atoms with Crippen LogP contribution in [-0.4, -0.2) is 20.1 Å². The van der Waals surface area contributed by atoms with Crippen molar-refractivity contribution >= 4 is 12.4 Å². The third-order valence-corrected chi connectivity index (χ3v) is 4.20. The van der Waals surface area contributed by atoms with Crippen LogP contribution in [-0.2, 0) is 5.54 Å². The summed E-state index contributed by atoms with van der Waals surface area (Å²) in [5.41, 5.74) is 7.01. The Morgan fingerprint density at radius 2 is 2.04 bits per heavy atom. The van der Waals surface area contributed by atoms with Gasteiger partial charge in [-0.1, -0.05) is 11.2 Å². The molecular formula is C16H16ClN5O2. The second-order valence-corrected chi connectivity index (χ2v) is 5.76. The Bertz CT molecular complexity index is 902. The number of nitrogens with one attached hydrogen (secondary N) is 1. The number of aromatic amines is 1. The lowest BCUT2D eigenvalue weighted by atomic mass is 9.77. The van der Waals surface area contributed by atoms with Gasteiger partial charge < -0.3 is 15.2 Å². The molecule has 1 fully saturated rings. The molecular weight excluding hydrogens is 330 g/mol. The van der Waals surface area contributed by atoms with Gasteiger partial charge in [-0.2, -0.15) is 4.98 Å². The SMILES string of the molecule is Cl.NC1(c2noc(-c3ccc(-c4ccccn4)[nH]c3=O)n2)CCC1. The van der Waals surface area contributed by atoms with Crippen molar-refractivity contribution < 1.29 is 4.52 Å². The normalized spacial score (nSPS) is 15.4. The van der Waals surface area contributed by atoms with Crippen molar-refractivity contribution in [3.8, 4) is 22.8 Å². The first-order valence-corrected chi connectivity index (χ1v) is 7.44. The van der Waals surface area contributed by atoms with Crippen LogP contribution in [0.1, 0.15) is 25.1 Å². The zero-order valence-corrected chi connectivity index (χ0v) is 13.5. The number of rotatable bonds is 3. The molecule has 1 saturated carbocycles. The summed E-state index contributed by atoms with van der Waals surface area (Å²) in [5.74, 6) is 0.650. The summed E-state index contributed by atoms with van der Waals surface area (Å²) >= 11 is 0. The number of hydrogen-bond acceptors (Lipinski definition) is 6. The Morgan fingerprint density at radius 3 is 2.67 bits per heavy atom. The molecule has 0 amide bonds. The van der Waals surface area contributed by atoms with E-state index in [1.165, 1.54) is 0 Å². The monoisotopic (exact) mass is 345 g/mol. The number of nitrogens with zero attached hydrogens (tertiary/aromatic N) is 3. The smallest absolute Gasteiger partial charge is 0.263 e. The average Bonchev–Trinajstić information content (AvgIpc) is 3.03. The minimum absolute atomic E-state index is 0. The summed E-state index contributed by atoms with van der Waals surface area (Å²) in [5, 5.41) is 3.93. The van der Waals surface area contributed by atoms with E-state index in [9.17, 15) is 4.79 Å². The van der Waals surface area contributed by atoms with Crippen molar-refractivity contribution in [2.75, 3.05) is 0 Å². The van der Waals surface area contributed by atoms with Crippen LogP contribution in [0, 0.1) is 0 Å². The van der Waals surface area contributed by atoms with Gasteiger partial charge in [0.15, 0.2) is 5.82 Å². The molecule has 0 aromatic carbocycles. The number of hydrogen-bond donors (Lipinski definition) is 2. The van der Waals surface area contributed by atoms with Crippen LogP contribution in [0.15, 0.2) is 45.8 Å². The van der Waals surface area contributed by atoms with Crippen LogP contribution in [0.2, 0.25) is 0 Å². The van der Waals surface area contributed by atoms with Crippen molar-refractivity contribution in [2.45, 2.75) is 24.8 Å². The molecule has 3 aromatic heterocycles. The van der Waals surface area contributed by atoms with Gasteiger partial charge in [0.2, 0.25) is 0 Å². The third-order valence-electron chi connectivity index (χ3n) is 4.20. The van der Waals surface area contributed by atoms with Gasteiger partial charge >= 0.3 is 0 Å².